The van der Waals surface area contributed by atoms with Crippen molar-refractivity contribution in [3.05, 3.63) is 11.1 Å². The highest BCUT2D eigenvalue weighted by Crippen LogP contribution is 2.10. The topological polar surface area (TPSA) is 58.5 Å². The molecule has 0 aromatic heterocycles. The predicted molar refractivity (Wildman–Crippen MR) is 59.5 cm³/mol. The van der Waals surface area contributed by atoms with Crippen molar-refractivity contribution in [2.24, 2.45) is 4.99 Å². The largest absolute Gasteiger partial charge is 0.311 e. The number of thioether (sulfide) groups is 1. The molecule has 0 spiro atoms. The van der Waals surface area contributed by atoms with Crippen molar-refractivity contribution in [3.8, 4) is 0 Å². The first-order chi connectivity index (χ1) is 6.61. The van der Waals surface area contributed by atoms with Crippen LogP contribution in [0.15, 0.2) is 16.1 Å². The molecule has 0 aliphatic heterocycles. The Hall–Kier alpha value is -0.940. The standard InChI is InChI=1S/C9H14N2O2S/c1-7(12)9(13)4-8(11-3)5-14-6-10-2/h5,10H,3-4,6H2,1-2H3/b8-5-. The Labute approximate surface area is 87.9 Å². The lowest BCUT2D eigenvalue weighted by Crippen LogP contribution is -2.09. The van der Waals surface area contributed by atoms with Crippen LogP contribution in [0.3, 0.4) is 0 Å². The van der Waals surface area contributed by atoms with Gasteiger partial charge in [0.25, 0.3) is 0 Å². The second-order valence-electron chi connectivity index (χ2n) is 2.59. The van der Waals surface area contributed by atoms with E-state index in [9.17, 15) is 9.59 Å². The SMILES string of the molecule is C=N/C(=C\SCNC)CC(=O)C(C)=O. The number of Topliss-reactive ketones (excluding diaryl/α,β-unsaturated/α-hetero) is 2. The van der Waals surface area contributed by atoms with Gasteiger partial charge < -0.3 is 5.32 Å². The minimum absolute atomic E-state index is 0.0372. The summed E-state index contributed by atoms with van der Waals surface area (Å²) in [4.78, 5) is 25.4. The highest BCUT2D eigenvalue weighted by atomic mass is 32.2. The third-order valence-corrected chi connectivity index (χ3v) is 2.28. The average molecular weight is 214 g/mol. The lowest BCUT2D eigenvalue weighted by Gasteiger charge is -1.98. The molecule has 0 aliphatic rings. The van der Waals surface area contributed by atoms with Gasteiger partial charge in [-0.1, -0.05) is 0 Å². The van der Waals surface area contributed by atoms with Crippen molar-refractivity contribution in [2.75, 3.05) is 12.9 Å². The van der Waals surface area contributed by atoms with Crippen molar-refractivity contribution in [2.45, 2.75) is 13.3 Å². The molecule has 0 aromatic rings. The summed E-state index contributed by atoms with van der Waals surface area (Å²) in [6, 6.07) is 0. The molecule has 0 atom stereocenters. The van der Waals surface area contributed by atoms with E-state index >= 15 is 0 Å². The number of carbonyl (C=O) groups is 2. The van der Waals surface area contributed by atoms with Gasteiger partial charge in [-0.2, -0.15) is 0 Å². The molecule has 0 fully saturated rings. The average Bonchev–Trinajstić information content (AvgIpc) is 2.16. The van der Waals surface area contributed by atoms with E-state index in [1.54, 1.807) is 5.41 Å². The van der Waals surface area contributed by atoms with Crippen LogP contribution in [0.25, 0.3) is 0 Å². The number of carbonyl (C=O) groups excluding carboxylic acids is 2. The molecule has 0 amide bonds. The summed E-state index contributed by atoms with van der Waals surface area (Å²) in [5.41, 5.74) is 0.533. The van der Waals surface area contributed by atoms with Crippen molar-refractivity contribution in [1.29, 1.82) is 0 Å². The molecule has 0 aromatic carbocycles. The Morgan fingerprint density at radius 3 is 2.64 bits per heavy atom. The van der Waals surface area contributed by atoms with Crippen LogP contribution in [0.4, 0.5) is 0 Å². The van der Waals surface area contributed by atoms with Gasteiger partial charge in [0.05, 0.1) is 12.1 Å². The van der Waals surface area contributed by atoms with Crippen LogP contribution in [0, 0.1) is 0 Å². The number of hydrogen-bond acceptors (Lipinski definition) is 5. The number of allylic oxidation sites excluding steroid dienone is 1. The second-order valence-corrected chi connectivity index (χ2v) is 3.45. The molecule has 0 unspecified atom stereocenters. The van der Waals surface area contributed by atoms with Crippen LogP contribution < -0.4 is 5.32 Å². The van der Waals surface area contributed by atoms with E-state index in [-0.39, 0.29) is 6.42 Å². The first-order valence-electron chi connectivity index (χ1n) is 4.07. The van der Waals surface area contributed by atoms with Gasteiger partial charge in [-0.05, 0) is 19.2 Å². The first-order valence-corrected chi connectivity index (χ1v) is 5.12. The van der Waals surface area contributed by atoms with E-state index in [0.29, 0.717) is 5.70 Å². The molecule has 5 heteroatoms. The number of aliphatic imine (C=N–C) groups is 1. The number of hydrogen-bond donors (Lipinski definition) is 1. The zero-order valence-electron chi connectivity index (χ0n) is 8.37. The fraction of sp³-hybridized carbons (Fsp3) is 0.444. The summed E-state index contributed by atoms with van der Waals surface area (Å²) >= 11 is 1.47. The summed E-state index contributed by atoms with van der Waals surface area (Å²) in [5.74, 6) is -0.153. The Bertz CT molecular complexity index is 262. The van der Waals surface area contributed by atoms with Crippen molar-refractivity contribution < 1.29 is 9.59 Å². The lowest BCUT2D eigenvalue weighted by atomic mass is 10.2. The maximum atomic E-state index is 11.0. The maximum Gasteiger partial charge on any atom is 0.204 e. The highest BCUT2D eigenvalue weighted by molar-refractivity contribution is 8.02. The van der Waals surface area contributed by atoms with Gasteiger partial charge in [-0.15, -0.1) is 11.8 Å². The minimum atomic E-state index is -0.446. The Morgan fingerprint density at radius 1 is 1.57 bits per heavy atom. The summed E-state index contributed by atoms with van der Waals surface area (Å²) < 4.78 is 0. The van der Waals surface area contributed by atoms with Crippen LogP contribution >= 0.6 is 11.8 Å². The molecular formula is C9H14N2O2S. The quantitative estimate of drug-likeness (QED) is 0.297. The summed E-state index contributed by atoms with van der Waals surface area (Å²) in [7, 11) is 1.82. The molecule has 0 aliphatic carbocycles. The van der Waals surface area contributed by atoms with Crippen molar-refractivity contribution >= 4 is 30.0 Å². The van der Waals surface area contributed by atoms with Crippen LogP contribution in [-0.2, 0) is 9.59 Å². The van der Waals surface area contributed by atoms with Gasteiger partial charge in [0.1, 0.15) is 0 Å². The fourth-order valence-corrected chi connectivity index (χ4v) is 1.25. The summed E-state index contributed by atoms with van der Waals surface area (Å²) in [5, 5.41) is 4.65. The third-order valence-electron chi connectivity index (χ3n) is 1.38. The third kappa shape index (κ3) is 5.66. The summed E-state index contributed by atoms with van der Waals surface area (Å²) in [6.45, 7) is 4.59. The van der Waals surface area contributed by atoms with Crippen molar-refractivity contribution in [1.82, 2.24) is 5.32 Å². The van der Waals surface area contributed by atoms with Gasteiger partial charge in [0.15, 0.2) is 5.78 Å². The normalized spacial score (nSPS) is 11.1. The smallest absolute Gasteiger partial charge is 0.204 e. The molecule has 1 N–H and O–H groups in total. The lowest BCUT2D eigenvalue weighted by molar-refractivity contribution is -0.134. The maximum absolute atomic E-state index is 11.0. The number of nitrogens with one attached hydrogen (secondary N) is 1. The highest BCUT2D eigenvalue weighted by Gasteiger charge is 2.09. The molecule has 0 saturated carbocycles. The van der Waals surface area contributed by atoms with E-state index in [1.165, 1.54) is 18.7 Å². The van der Waals surface area contributed by atoms with E-state index in [4.69, 9.17) is 0 Å². The van der Waals surface area contributed by atoms with Gasteiger partial charge in [-0.25, -0.2) is 0 Å². The molecule has 0 saturated heterocycles. The van der Waals surface area contributed by atoms with E-state index in [1.807, 2.05) is 7.05 Å². The summed E-state index contributed by atoms with van der Waals surface area (Å²) in [6.07, 6.45) is 0.0372. The molecule has 4 nitrogen and oxygen atoms in total. The van der Waals surface area contributed by atoms with Crippen LogP contribution in [0.5, 0.6) is 0 Å². The predicted octanol–water partition coefficient (Wildman–Crippen LogP) is 0.987. The molecule has 0 bridgehead atoms. The monoisotopic (exact) mass is 214 g/mol. The Balaban J connectivity index is 4.14. The molecular weight excluding hydrogens is 200 g/mol. The molecule has 78 valence electrons. The van der Waals surface area contributed by atoms with Gasteiger partial charge in [0, 0.05) is 12.8 Å². The molecule has 14 heavy (non-hydrogen) atoms. The van der Waals surface area contributed by atoms with Crippen molar-refractivity contribution in [3.63, 3.8) is 0 Å². The molecule has 0 rings (SSSR count). The van der Waals surface area contributed by atoms with Gasteiger partial charge in [0.2, 0.25) is 5.78 Å². The first kappa shape index (κ1) is 13.1. The zero-order valence-corrected chi connectivity index (χ0v) is 9.19. The second kappa shape index (κ2) is 7.46. The van der Waals surface area contributed by atoms with Gasteiger partial charge >= 0.3 is 0 Å². The van der Waals surface area contributed by atoms with E-state index < -0.39 is 11.6 Å². The molecule has 0 radical (unpaired) electrons. The zero-order chi connectivity index (χ0) is 11.0. The van der Waals surface area contributed by atoms with E-state index in [0.717, 1.165) is 5.88 Å². The minimum Gasteiger partial charge on any atom is -0.311 e. The fourth-order valence-electron chi connectivity index (χ4n) is 0.645. The van der Waals surface area contributed by atoms with E-state index in [2.05, 4.69) is 17.0 Å². The van der Waals surface area contributed by atoms with Crippen LogP contribution in [-0.4, -0.2) is 31.2 Å². The van der Waals surface area contributed by atoms with Crippen LogP contribution in [0.2, 0.25) is 0 Å². The Morgan fingerprint density at radius 2 is 2.21 bits per heavy atom. The van der Waals surface area contributed by atoms with Crippen LogP contribution in [0.1, 0.15) is 13.3 Å². The molecule has 0 heterocycles. The Kier molecular flexibility index (Phi) is 6.96. The number of rotatable bonds is 7. The van der Waals surface area contributed by atoms with Gasteiger partial charge in [-0.3, -0.25) is 14.6 Å². The number of ketones is 2. The number of nitrogens with zero attached hydrogens (tertiary/aromatic N) is 1.